The fourth-order valence-electron chi connectivity index (χ4n) is 2.65. The fourth-order valence-corrected chi connectivity index (χ4v) is 2.65. The Morgan fingerprint density at radius 3 is 2.00 bits per heavy atom. The first-order valence-corrected chi connectivity index (χ1v) is 6.74. The van der Waals surface area contributed by atoms with E-state index in [0.717, 1.165) is 10.5 Å². The van der Waals surface area contributed by atoms with E-state index < -0.39 is 17.8 Å². The molecule has 1 aliphatic heterocycles. The van der Waals surface area contributed by atoms with Gasteiger partial charge < -0.3 is 5.11 Å². The number of carboxylic acids is 1. The molecule has 2 aromatic rings. The van der Waals surface area contributed by atoms with Gasteiger partial charge in [0.2, 0.25) is 0 Å². The summed E-state index contributed by atoms with van der Waals surface area (Å²) in [5.74, 6) is -2.15. The number of fused-ring (bicyclic) bond motifs is 1. The summed E-state index contributed by atoms with van der Waals surface area (Å²) in [5, 5.41) is 9.38. The predicted molar refractivity (Wildman–Crippen MR) is 80.5 cm³/mol. The topological polar surface area (TPSA) is 74.7 Å². The highest BCUT2D eigenvalue weighted by atomic mass is 16.4. The molecule has 0 atom stereocenters. The van der Waals surface area contributed by atoms with Crippen molar-refractivity contribution < 1.29 is 19.5 Å². The summed E-state index contributed by atoms with van der Waals surface area (Å²) >= 11 is 0. The lowest BCUT2D eigenvalue weighted by Crippen LogP contribution is -2.32. The van der Waals surface area contributed by atoms with Gasteiger partial charge in [0.1, 0.15) is 0 Å². The second kappa shape index (κ2) is 4.80. The van der Waals surface area contributed by atoms with Crippen LogP contribution in [-0.2, 0) is 0 Å². The van der Waals surface area contributed by atoms with Gasteiger partial charge in [-0.05, 0) is 43.2 Å². The van der Waals surface area contributed by atoms with Crippen LogP contribution >= 0.6 is 0 Å². The van der Waals surface area contributed by atoms with E-state index in [0.29, 0.717) is 16.7 Å². The van der Waals surface area contributed by atoms with Gasteiger partial charge in [-0.25, -0.2) is 9.69 Å². The Morgan fingerprint density at radius 1 is 0.955 bits per heavy atom. The molecule has 5 heteroatoms. The lowest BCUT2D eigenvalue weighted by atomic mass is 10.0. The monoisotopic (exact) mass is 295 g/mol. The normalized spacial score (nSPS) is 13.5. The maximum atomic E-state index is 12.6. The highest BCUT2D eigenvalue weighted by molar-refractivity contribution is 6.35. The second-order valence-corrected chi connectivity index (χ2v) is 5.20. The molecule has 0 fully saturated rings. The number of amides is 2. The third kappa shape index (κ3) is 1.83. The van der Waals surface area contributed by atoms with Crippen molar-refractivity contribution in [1.29, 1.82) is 0 Å². The van der Waals surface area contributed by atoms with Crippen LogP contribution < -0.4 is 4.90 Å². The van der Waals surface area contributed by atoms with Crippen molar-refractivity contribution in [2.45, 2.75) is 13.8 Å². The van der Waals surface area contributed by atoms with Gasteiger partial charge in [0, 0.05) is 0 Å². The Morgan fingerprint density at radius 2 is 1.50 bits per heavy atom. The van der Waals surface area contributed by atoms with Crippen LogP contribution in [0.15, 0.2) is 36.4 Å². The summed E-state index contributed by atoms with van der Waals surface area (Å²) in [5.41, 5.74) is 2.11. The van der Waals surface area contributed by atoms with E-state index >= 15 is 0 Å². The van der Waals surface area contributed by atoms with Gasteiger partial charge in [-0.1, -0.05) is 18.2 Å². The van der Waals surface area contributed by atoms with Crippen LogP contribution in [-0.4, -0.2) is 22.9 Å². The first-order chi connectivity index (χ1) is 10.4. The molecule has 1 N–H and O–H groups in total. The molecule has 0 aromatic heterocycles. The minimum absolute atomic E-state index is 0.0578. The van der Waals surface area contributed by atoms with E-state index in [2.05, 4.69) is 0 Å². The van der Waals surface area contributed by atoms with E-state index in [1.165, 1.54) is 6.07 Å². The predicted octanol–water partition coefficient (Wildman–Crippen LogP) is 2.80. The lowest BCUT2D eigenvalue weighted by Gasteiger charge is -2.20. The summed E-state index contributed by atoms with van der Waals surface area (Å²) in [7, 11) is 0. The number of imide groups is 1. The number of aryl methyl sites for hydroxylation is 1. The summed E-state index contributed by atoms with van der Waals surface area (Å²) in [6.07, 6.45) is 0. The lowest BCUT2D eigenvalue weighted by molar-refractivity contribution is 0.0697. The van der Waals surface area contributed by atoms with E-state index in [9.17, 15) is 19.5 Å². The molecule has 110 valence electrons. The third-order valence-electron chi connectivity index (χ3n) is 3.95. The number of carboxylic acid groups (broad SMARTS) is 1. The average Bonchev–Trinajstić information content (AvgIpc) is 2.74. The zero-order chi connectivity index (χ0) is 16.0. The Labute approximate surface area is 126 Å². The van der Waals surface area contributed by atoms with Crippen molar-refractivity contribution >= 4 is 23.5 Å². The molecule has 3 rings (SSSR count). The quantitative estimate of drug-likeness (QED) is 0.864. The maximum absolute atomic E-state index is 12.6. The molecule has 0 aliphatic carbocycles. The van der Waals surface area contributed by atoms with Crippen LogP contribution in [0.5, 0.6) is 0 Å². The minimum Gasteiger partial charge on any atom is -0.478 e. The molecule has 1 heterocycles. The van der Waals surface area contributed by atoms with Crippen molar-refractivity contribution in [3.05, 3.63) is 64.2 Å². The van der Waals surface area contributed by atoms with Crippen LogP contribution in [0, 0.1) is 13.8 Å². The Kier molecular flexibility index (Phi) is 3.06. The highest BCUT2D eigenvalue weighted by Gasteiger charge is 2.39. The van der Waals surface area contributed by atoms with Gasteiger partial charge in [-0.2, -0.15) is 0 Å². The average molecular weight is 295 g/mol. The number of rotatable bonds is 2. The molecule has 1 aliphatic rings. The smallest absolute Gasteiger partial charge is 0.337 e. The van der Waals surface area contributed by atoms with Gasteiger partial charge in [-0.3, -0.25) is 9.59 Å². The molecule has 0 bridgehead atoms. The SMILES string of the molecule is Cc1ccc(C(=O)O)c(N2C(=O)c3ccccc3C2=O)c1C. The molecule has 0 spiro atoms. The standard InChI is InChI=1S/C17H13NO4/c1-9-7-8-13(17(21)22)14(10(9)2)18-15(19)11-5-3-4-6-12(11)16(18)20/h3-8H,1-2H3,(H,21,22). The summed E-state index contributed by atoms with van der Waals surface area (Å²) in [4.78, 5) is 37.6. The van der Waals surface area contributed by atoms with Gasteiger partial charge in [0.15, 0.2) is 0 Å². The number of hydrogen-bond donors (Lipinski definition) is 1. The first-order valence-electron chi connectivity index (χ1n) is 6.74. The fraction of sp³-hybridized carbons (Fsp3) is 0.118. The number of carbonyl (C=O) groups excluding carboxylic acids is 2. The number of carbonyl (C=O) groups is 3. The van der Waals surface area contributed by atoms with Crippen molar-refractivity contribution in [1.82, 2.24) is 0 Å². The summed E-state index contributed by atoms with van der Waals surface area (Å²) < 4.78 is 0. The molecule has 2 aromatic carbocycles. The molecular formula is C17H13NO4. The van der Waals surface area contributed by atoms with Crippen LogP contribution in [0.25, 0.3) is 0 Å². The van der Waals surface area contributed by atoms with Crippen LogP contribution in [0.4, 0.5) is 5.69 Å². The maximum Gasteiger partial charge on any atom is 0.337 e. The molecule has 0 saturated carbocycles. The molecule has 22 heavy (non-hydrogen) atoms. The molecule has 2 amide bonds. The van der Waals surface area contributed by atoms with Crippen molar-refractivity contribution in [2.75, 3.05) is 4.90 Å². The third-order valence-corrected chi connectivity index (χ3v) is 3.95. The van der Waals surface area contributed by atoms with Crippen LogP contribution in [0.3, 0.4) is 0 Å². The van der Waals surface area contributed by atoms with Crippen molar-refractivity contribution in [2.24, 2.45) is 0 Å². The summed E-state index contributed by atoms with van der Waals surface area (Å²) in [6.45, 7) is 3.52. The van der Waals surface area contributed by atoms with Gasteiger partial charge in [-0.15, -0.1) is 0 Å². The van der Waals surface area contributed by atoms with Gasteiger partial charge in [0.05, 0.1) is 22.4 Å². The van der Waals surface area contributed by atoms with E-state index in [-0.39, 0.29) is 11.3 Å². The molecular weight excluding hydrogens is 282 g/mol. The first kappa shape index (κ1) is 14.0. The molecule has 0 saturated heterocycles. The Balaban J connectivity index is 2.26. The number of aromatic carboxylic acids is 1. The Hall–Kier alpha value is -2.95. The molecule has 0 unspecified atom stereocenters. The van der Waals surface area contributed by atoms with Crippen LogP contribution in [0.2, 0.25) is 0 Å². The minimum atomic E-state index is -1.17. The number of nitrogens with zero attached hydrogens (tertiary/aromatic N) is 1. The number of anilines is 1. The van der Waals surface area contributed by atoms with Gasteiger partial charge in [0.25, 0.3) is 11.8 Å². The van der Waals surface area contributed by atoms with E-state index in [1.807, 2.05) is 6.92 Å². The highest BCUT2D eigenvalue weighted by Crippen LogP contribution is 2.34. The van der Waals surface area contributed by atoms with Crippen LogP contribution in [0.1, 0.15) is 42.2 Å². The van der Waals surface area contributed by atoms with Gasteiger partial charge >= 0.3 is 5.97 Å². The van der Waals surface area contributed by atoms with E-state index in [1.54, 1.807) is 37.3 Å². The number of benzene rings is 2. The number of hydrogen-bond acceptors (Lipinski definition) is 3. The molecule has 0 radical (unpaired) electrons. The Bertz CT molecular complexity index is 804. The largest absolute Gasteiger partial charge is 0.478 e. The zero-order valence-corrected chi connectivity index (χ0v) is 12.1. The van der Waals surface area contributed by atoms with E-state index in [4.69, 9.17) is 0 Å². The van der Waals surface area contributed by atoms with Crippen molar-refractivity contribution in [3.63, 3.8) is 0 Å². The molecule has 5 nitrogen and oxygen atoms in total. The zero-order valence-electron chi connectivity index (χ0n) is 12.1. The second-order valence-electron chi connectivity index (χ2n) is 5.20. The van der Waals surface area contributed by atoms with Crippen molar-refractivity contribution in [3.8, 4) is 0 Å². The summed E-state index contributed by atoms with van der Waals surface area (Å²) in [6, 6.07) is 9.58.